The van der Waals surface area contributed by atoms with Crippen molar-refractivity contribution in [2.24, 2.45) is 0 Å². The van der Waals surface area contributed by atoms with E-state index in [2.05, 4.69) is 60.3 Å². The van der Waals surface area contributed by atoms with Crippen molar-refractivity contribution < 1.29 is 9.59 Å². The first-order chi connectivity index (χ1) is 15.1. The molecule has 0 aliphatic carbocycles. The van der Waals surface area contributed by atoms with E-state index in [4.69, 9.17) is 0 Å². The minimum atomic E-state index is -0.348. The topological polar surface area (TPSA) is 57.6 Å². The van der Waals surface area contributed by atoms with Crippen molar-refractivity contribution in [3.63, 3.8) is 0 Å². The number of fused-ring (bicyclic) bond motifs is 1. The summed E-state index contributed by atoms with van der Waals surface area (Å²) < 4.78 is 2.22. The second kappa shape index (κ2) is 9.80. The maximum absolute atomic E-state index is 13.5. The maximum Gasteiger partial charge on any atom is 0.318 e. The second-order valence-corrected chi connectivity index (χ2v) is 10.0. The number of amides is 3. The molecule has 3 amide bonds. The van der Waals surface area contributed by atoms with Gasteiger partial charge >= 0.3 is 6.03 Å². The molecular formula is C26H38N4O2. The molecule has 1 atom stereocenters. The Morgan fingerprint density at radius 1 is 1.12 bits per heavy atom. The fraction of sp³-hybridized carbons (Fsp3) is 0.538. The molecular weight excluding hydrogens is 400 g/mol. The largest absolute Gasteiger partial charge is 0.348 e. The van der Waals surface area contributed by atoms with Crippen LogP contribution in [0.2, 0.25) is 0 Å². The zero-order valence-corrected chi connectivity index (χ0v) is 20.4. The van der Waals surface area contributed by atoms with E-state index >= 15 is 0 Å². The van der Waals surface area contributed by atoms with E-state index in [1.54, 1.807) is 4.90 Å². The van der Waals surface area contributed by atoms with E-state index in [0.717, 1.165) is 24.2 Å². The van der Waals surface area contributed by atoms with Crippen molar-refractivity contribution in [1.82, 2.24) is 19.7 Å². The molecule has 0 bridgehead atoms. The Bertz CT molecular complexity index is 924. The van der Waals surface area contributed by atoms with Crippen molar-refractivity contribution in [3.8, 4) is 0 Å². The first-order valence-corrected chi connectivity index (χ1v) is 11.7. The molecule has 32 heavy (non-hydrogen) atoms. The van der Waals surface area contributed by atoms with Gasteiger partial charge < -0.3 is 19.7 Å². The summed E-state index contributed by atoms with van der Waals surface area (Å²) in [4.78, 5) is 29.9. The Balaban J connectivity index is 1.86. The summed E-state index contributed by atoms with van der Waals surface area (Å²) in [6.07, 6.45) is 2.88. The van der Waals surface area contributed by atoms with Crippen LogP contribution in [-0.2, 0) is 11.3 Å². The molecule has 2 heterocycles. The number of hydrogen-bond acceptors (Lipinski definition) is 2. The normalized spacial score (nSPS) is 16.1. The lowest BCUT2D eigenvalue weighted by molar-refractivity contribution is -0.134. The van der Waals surface area contributed by atoms with Crippen LogP contribution >= 0.6 is 0 Å². The predicted octanol–water partition coefficient (Wildman–Crippen LogP) is 4.76. The predicted molar refractivity (Wildman–Crippen MR) is 129 cm³/mol. The molecule has 0 saturated carbocycles. The van der Waals surface area contributed by atoms with Crippen LogP contribution < -0.4 is 5.32 Å². The average Bonchev–Trinajstić information content (AvgIpc) is 3.20. The number of rotatable bonds is 6. The van der Waals surface area contributed by atoms with Gasteiger partial charge in [0.1, 0.15) is 6.54 Å². The number of aromatic nitrogens is 1. The van der Waals surface area contributed by atoms with Gasteiger partial charge in [0.25, 0.3) is 0 Å². The highest BCUT2D eigenvalue weighted by molar-refractivity contribution is 5.85. The molecule has 6 nitrogen and oxygen atoms in total. The van der Waals surface area contributed by atoms with Gasteiger partial charge in [0.2, 0.25) is 5.91 Å². The van der Waals surface area contributed by atoms with Gasteiger partial charge in [-0.15, -0.1) is 0 Å². The number of carbonyl (C=O) groups is 2. The zero-order chi connectivity index (χ0) is 23.5. The molecule has 2 aromatic rings. The fourth-order valence-corrected chi connectivity index (χ4v) is 4.24. The molecule has 6 heteroatoms. The quantitative estimate of drug-likeness (QED) is 0.707. The number of benzene rings is 1. The Labute approximate surface area is 192 Å². The molecule has 1 aliphatic heterocycles. The van der Waals surface area contributed by atoms with Gasteiger partial charge in [-0.2, -0.15) is 0 Å². The van der Waals surface area contributed by atoms with Gasteiger partial charge in [0.05, 0.1) is 6.04 Å². The van der Waals surface area contributed by atoms with Crippen molar-refractivity contribution in [1.29, 1.82) is 0 Å². The third kappa shape index (κ3) is 5.53. The SMILES string of the molecule is CCCN(CC(=O)N1CCn2cccc2C1c1ccc(C(C)C)cc1)C(=O)NC(C)(C)C. The van der Waals surface area contributed by atoms with Gasteiger partial charge in [-0.3, -0.25) is 4.79 Å². The lowest BCUT2D eigenvalue weighted by atomic mass is 9.95. The van der Waals surface area contributed by atoms with E-state index in [9.17, 15) is 9.59 Å². The standard InChI is InChI=1S/C26H38N4O2/c1-7-14-29(25(32)27-26(4,5)6)18-23(31)30-17-16-28-15-8-9-22(28)24(30)21-12-10-20(11-13-21)19(2)3/h8-13,15,19,24H,7,14,16-18H2,1-6H3,(H,27,32). The second-order valence-electron chi connectivity index (χ2n) is 10.0. The zero-order valence-electron chi connectivity index (χ0n) is 20.4. The van der Waals surface area contributed by atoms with Crippen LogP contribution in [0.1, 0.15) is 76.7 Å². The van der Waals surface area contributed by atoms with Crippen LogP contribution in [0.15, 0.2) is 42.6 Å². The average molecular weight is 439 g/mol. The van der Waals surface area contributed by atoms with Gasteiger partial charge in [-0.1, -0.05) is 45.0 Å². The van der Waals surface area contributed by atoms with E-state index in [-0.39, 0.29) is 30.1 Å². The number of nitrogens with zero attached hydrogens (tertiary/aromatic N) is 3. The van der Waals surface area contributed by atoms with Gasteiger partial charge in [-0.25, -0.2) is 4.79 Å². The highest BCUT2D eigenvalue weighted by atomic mass is 16.2. The van der Waals surface area contributed by atoms with E-state index < -0.39 is 0 Å². The van der Waals surface area contributed by atoms with Crippen LogP contribution in [0.3, 0.4) is 0 Å². The first-order valence-electron chi connectivity index (χ1n) is 11.7. The molecule has 1 N–H and O–H groups in total. The van der Waals surface area contributed by atoms with E-state index in [1.807, 2.05) is 38.7 Å². The first kappa shape index (κ1) is 23.9. The number of urea groups is 1. The van der Waals surface area contributed by atoms with Gasteiger partial charge in [0.15, 0.2) is 0 Å². The summed E-state index contributed by atoms with van der Waals surface area (Å²) in [6.45, 7) is 14.3. The van der Waals surface area contributed by atoms with Crippen LogP contribution in [0, 0.1) is 0 Å². The highest BCUT2D eigenvalue weighted by Crippen LogP contribution is 2.33. The monoisotopic (exact) mass is 438 g/mol. The van der Waals surface area contributed by atoms with Crippen LogP contribution in [-0.4, -0.2) is 51.5 Å². The lowest BCUT2D eigenvalue weighted by Crippen LogP contribution is -2.53. The Morgan fingerprint density at radius 2 is 1.81 bits per heavy atom. The number of carbonyl (C=O) groups excluding carboxylic acids is 2. The van der Waals surface area contributed by atoms with Gasteiger partial charge in [-0.05, 0) is 56.4 Å². The summed E-state index contributed by atoms with van der Waals surface area (Å²) in [5, 5.41) is 3.00. The molecule has 1 aromatic carbocycles. The third-order valence-electron chi connectivity index (χ3n) is 5.87. The molecule has 1 aliphatic rings. The van der Waals surface area contributed by atoms with E-state index in [1.165, 1.54) is 5.56 Å². The van der Waals surface area contributed by atoms with Crippen molar-refractivity contribution in [3.05, 3.63) is 59.4 Å². The Hall–Kier alpha value is -2.76. The summed E-state index contributed by atoms with van der Waals surface area (Å²) in [6, 6.07) is 12.4. The minimum absolute atomic E-state index is 0.0205. The van der Waals surface area contributed by atoms with Crippen LogP contribution in [0.5, 0.6) is 0 Å². The van der Waals surface area contributed by atoms with Crippen LogP contribution in [0.4, 0.5) is 4.79 Å². The summed E-state index contributed by atoms with van der Waals surface area (Å²) in [5.74, 6) is 0.439. The molecule has 0 fully saturated rings. The Kier molecular flexibility index (Phi) is 7.32. The molecule has 3 rings (SSSR count). The molecule has 1 unspecified atom stereocenters. The molecule has 0 saturated heterocycles. The van der Waals surface area contributed by atoms with Crippen molar-refractivity contribution in [2.75, 3.05) is 19.6 Å². The van der Waals surface area contributed by atoms with Crippen LogP contribution in [0.25, 0.3) is 0 Å². The fourth-order valence-electron chi connectivity index (χ4n) is 4.24. The summed E-state index contributed by atoms with van der Waals surface area (Å²) in [5.41, 5.74) is 3.15. The lowest BCUT2D eigenvalue weighted by Gasteiger charge is -2.39. The third-order valence-corrected chi connectivity index (χ3v) is 5.87. The molecule has 1 aromatic heterocycles. The molecule has 174 valence electrons. The maximum atomic E-state index is 13.5. The van der Waals surface area contributed by atoms with E-state index in [0.29, 0.717) is 19.0 Å². The smallest absolute Gasteiger partial charge is 0.318 e. The molecule has 0 radical (unpaired) electrons. The Morgan fingerprint density at radius 3 is 2.41 bits per heavy atom. The van der Waals surface area contributed by atoms with Crippen molar-refractivity contribution in [2.45, 2.75) is 72.0 Å². The highest BCUT2D eigenvalue weighted by Gasteiger charge is 2.33. The molecule has 0 spiro atoms. The number of hydrogen-bond donors (Lipinski definition) is 1. The summed E-state index contributed by atoms with van der Waals surface area (Å²) >= 11 is 0. The van der Waals surface area contributed by atoms with Gasteiger partial charge in [0, 0.05) is 37.1 Å². The summed E-state index contributed by atoms with van der Waals surface area (Å²) in [7, 11) is 0. The minimum Gasteiger partial charge on any atom is -0.348 e. The van der Waals surface area contributed by atoms with Crippen molar-refractivity contribution >= 4 is 11.9 Å². The number of nitrogens with one attached hydrogen (secondary N) is 1.